The number of methoxy groups -OCH3 is 1. The molecule has 0 aliphatic rings. The van der Waals surface area contributed by atoms with Crippen LogP contribution in [0.15, 0.2) is 54.6 Å². The Morgan fingerprint density at radius 3 is 2.62 bits per heavy atom. The number of fused-ring (bicyclic) bond motifs is 1. The molecule has 3 rings (SSSR count). The second kappa shape index (κ2) is 7.99. The van der Waals surface area contributed by atoms with Crippen molar-refractivity contribution in [3.05, 3.63) is 65.3 Å². The number of aromatic nitrogens is 1. The van der Waals surface area contributed by atoms with Crippen molar-refractivity contribution in [2.75, 3.05) is 25.6 Å². The maximum Gasteiger partial charge on any atom is 0.139 e. The molecule has 0 unspecified atom stereocenters. The van der Waals surface area contributed by atoms with Crippen LogP contribution in [0, 0.1) is 0 Å². The van der Waals surface area contributed by atoms with E-state index in [9.17, 15) is 0 Å². The molecule has 24 heavy (non-hydrogen) atoms. The van der Waals surface area contributed by atoms with Gasteiger partial charge in [0.25, 0.3) is 0 Å². The number of rotatable bonds is 7. The molecule has 0 fully saturated rings. The van der Waals surface area contributed by atoms with E-state index in [2.05, 4.69) is 10.3 Å². The monoisotopic (exact) mass is 342 g/mol. The lowest BCUT2D eigenvalue weighted by Gasteiger charge is -2.09. The summed E-state index contributed by atoms with van der Waals surface area (Å²) in [7, 11) is 1.66. The molecule has 5 heteroatoms. The standard InChI is InChI=1S/C19H19ClN2O2/c1-23-10-11-24-16-8-6-14(7-9-16)13-21-18-12-15-4-2-3-5-17(15)19(20)22-18/h2-9,12H,10-11,13H2,1H3,(H,21,22). The lowest BCUT2D eigenvalue weighted by Crippen LogP contribution is -2.05. The summed E-state index contributed by atoms with van der Waals surface area (Å²) in [5.41, 5.74) is 1.14. The smallest absolute Gasteiger partial charge is 0.139 e. The molecule has 0 atom stereocenters. The van der Waals surface area contributed by atoms with Crippen molar-refractivity contribution in [1.29, 1.82) is 0 Å². The fourth-order valence-corrected chi connectivity index (χ4v) is 2.65. The van der Waals surface area contributed by atoms with E-state index >= 15 is 0 Å². The maximum atomic E-state index is 6.25. The number of hydrogen-bond acceptors (Lipinski definition) is 4. The van der Waals surface area contributed by atoms with E-state index in [1.807, 2.05) is 54.6 Å². The summed E-state index contributed by atoms with van der Waals surface area (Å²) < 4.78 is 10.5. The van der Waals surface area contributed by atoms with E-state index in [-0.39, 0.29) is 0 Å². The fraction of sp³-hybridized carbons (Fsp3) is 0.211. The third-order valence-electron chi connectivity index (χ3n) is 3.65. The van der Waals surface area contributed by atoms with Crippen LogP contribution >= 0.6 is 11.6 Å². The molecule has 3 aromatic rings. The molecular formula is C19H19ClN2O2. The van der Waals surface area contributed by atoms with Gasteiger partial charge in [0.15, 0.2) is 0 Å². The van der Waals surface area contributed by atoms with E-state index in [0.29, 0.717) is 24.9 Å². The Bertz CT molecular complexity index is 806. The van der Waals surface area contributed by atoms with Gasteiger partial charge in [0.1, 0.15) is 23.3 Å². The van der Waals surface area contributed by atoms with E-state index in [0.717, 1.165) is 27.9 Å². The zero-order valence-electron chi connectivity index (χ0n) is 13.5. The summed E-state index contributed by atoms with van der Waals surface area (Å²) in [5.74, 6) is 1.60. The molecular weight excluding hydrogens is 324 g/mol. The summed E-state index contributed by atoms with van der Waals surface area (Å²) in [6, 6.07) is 17.9. The van der Waals surface area contributed by atoms with E-state index < -0.39 is 0 Å². The van der Waals surface area contributed by atoms with Gasteiger partial charge in [0.2, 0.25) is 0 Å². The molecule has 124 valence electrons. The Kier molecular flexibility index (Phi) is 5.51. The molecule has 0 bridgehead atoms. The van der Waals surface area contributed by atoms with Crippen LogP contribution in [0.4, 0.5) is 5.82 Å². The predicted molar refractivity (Wildman–Crippen MR) is 97.9 cm³/mol. The van der Waals surface area contributed by atoms with Crippen molar-refractivity contribution in [2.24, 2.45) is 0 Å². The van der Waals surface area contributed by atoms with Crippen molar-refractivity contribution in [3.8, 4) is 5.75 Å². The normalized spacial score (nSPS) is 10.8. The number of halogens is 1. The summed E-state index contributed by atoms with van der Waals surface area (Å²) in [6.07, 6.45) is 0. The Morgan fingerprint density at radius 1 is 1.04 bits per heavy atom. The van der Waals surface area contributed by atoms with Crippen LogP contribution < -0.4 is 10.1 Å². The number of hydrogen-bond donors (Lipinski definition) is 1. The van der Waals surface area contributed by atoms with Crippen molar-refractivity contribution < 1.29 is 9.47 Å². The molecule has 4 nitrogen and oxygen atoms in total. The zero-order valence-corrected chi connectivity index (χ0v) is 14.2. The first-order chi connectivity index (χ1) is 11.8. The predicted octanol–water partition coefficient (Wildman–Crippen LogP) is 4.53. The highest BCUT2D eigenvalue weighted by atomic mass is 35.5. The van der Waals surface area contributed by atoms with Gasteiger partial charge in [-0.1, -0.05) is 48.0 Å². The Balaban J connectivity index is 1.63. The van der Waals surface area contributed by atoms with Crippen LogP contribution in [-0.2, 0) is 11.3 Å². The first kappa shape index (κ1) is 16.6. The van der Waals surface area contributed by atoms with Gasteiger partial charge in [-0.2, -0.15) is 0 Å². The number of benzene rings is 2. The highest BCUT2D eigenvalue weighted by Crippen LogP contribution is 2.24. The van der Waals surface area contributed by atoms with Gasteiger partial charge in [0.05, 0.1) is 6.61 Å². The summed E-state index contributed by atoms with van der Waals surface area (Å²) in [6.45, 7) is 1.80. The SMILES string of the molecule is COCCOc1ccc(CNc2cc3ccccc3c(Cl)n2)cc1. The summed E-state index contributed by atoms with van der Waals surface area (Å²) in [5, 5.41) is 5.85. The summed E-state index contributed by atoms with van der Waals surface area (Å²) >= 11 is 6.25. The molecule has 0 amide bonds. The highest BCUT2D eigenvalue weighted by Gasteiger charge is 2.04. The summed E-state index contributed by atoms with van der Waals surface area (Å²) in [4.78, 5) is 4.40. The molecule has 0 aliphatic heterocycles. The lowest BCUT2D eigenvalue weighted by atomic mass is 10.2. The second-order valence-electron chi connectivity index (χ2n) is 5.36. The quantitative estimate of drug-likeness (QED) is 0.506. The molecule has 1 heterocycles. The molecule has 1 aromatic heterocycles. The largest absolute Gasteiger partial charge is 0.491 e. The van der Waals surface area contributed by atoms with Gasteiger partial charge in [0, 0.05) is 19.0 Å². The van der Waals surface area contributed by atoms with Gasteiger partial charge in [-0.3, -0.25) is 0 Å². The third-order valence-corrected chi connectivity index (χ3v) is 3.94. The van der Waals surface area contributed by atoms with Crippen LogP contribution in [0.25, 0.3) is 10.8 Å². The topological polar surface area (TPSA) is 43.4 Å². The van der Waals surface area contributed by atoms with Crippen LogP contribution in [0.5, 0.6) is 5.75 Å². The van der Waals surface area contributed by atoms with Crippen molar-refractivity contribution >= 4 is 28.2 Å². The Morgan fingerprint density at radius 2 is 1.83 bits per heavy atom. The highest BCUT2D eigenvalue weighted by molar-refractivity contribution is 6.34. The molecule has 0 radical (unpaired) electrons. The van der Waals surface area contributed by atoms with Crippen LogP contribution in [0.2, 0.25) is 5.15 Å². The third kappa shape index (κ3) is 4.16. The van der Waals surface area contributed by atoms with Gasteiger partial charge >= 0.3 is 0 Å². The van der Waals surface area contributed by atoms with Crippen LogP contribution in [0.3, 0.4) is 0 Å². The number of nitrogens with zero attached hydrogens (tertiary/aromatic N) is 1. The average molecular weight is 343 g/mol. The average Bonchev–Trinajstić information content (AvgIpc) is 2.61. The van der Waals surface area contributed by atoms with Crippen molar-refractivity contribution in [2.45, 2.75) is 6.54 Å². The number of anilines is 1. The molecule has 0 saturated carbocycles. The molecule has 0 aliphatic carbocycles. The fourth-order valence-electron chi connectivity index (χ4n) is 2.39. The number of nitrogens with one attached hydrogen (secondary N) is 1. The first-order valence-corrected chi connectivity index (χ1v) is 8.14. The Hall–Kier alpha value is -2.30. The number of pyridine rings is 1. The zero-order chi connectivity index (χ0) is 16.8. The van der Waals surface area contributed by atoms with E-state index in [1.54, 1.807) is 7.11 Å². The van der Waals surface area contributed by atoms with E-state index in [1.165, 1.54) is 0 Å². The van der Waals surface area contributed by atoms with Crippen LogP contribution in [-0.4, -0.2) is 25.3 Å². The minimum Gasteiger partial charge on any atom is -0.491 e. The molecule has 0 spiro atoms. The molecule has 2 aromatic carbocycles. The lowest BCUT2D eigenvalue weighted by molar-refractivity contribution is 0.146. The number of ether oxygens (including phenoxy) is 2. The molecule has 1 N–H and O–H groups in total. The van der Waals surface area contributed by atoms with Crippen LogP contribution in [0.1, 0.15) is 5.56 Å². The first-order valence-electron chi connectivity index (χ1n) is 7.76. The second-order valence-corrected chi connectivity index (χ2v) is 5.72. The van der Waals surface area contributed by atoms with Gasteiger partial charge in [-0.15, -0.1) is 0 Å². The minimum atomic E-state index is 0.512. The van der Waals surface area contributed by atoms with Crippen molar-refractivity contribution in [1.82, 2.24) is 4.98 Å². The molecule has 0 saturated heterocycles. The maximum absolute atomic E-state index is 6.25. The van der Waals surface area contributed by atoms with Gasteiger partial charge in [-0.25, -0.2) is 4.98 Å². The Labute approximate surface area is 146 Å². The minimum absolute atomic E-state index is 0.512. The van der Waals surface area contributed by atoms with E-state index in [4.69, 9.17) is 21.1 Å². The van der Waals surface area contributed by atoms with Crippen molar-refractivity contribution in [3.63, 3.8) is 0 Å². The van der Waals surface area contributed by atoms with Gasteiger partial charge < -0.3 is 14.8 Å². The van der Waals surface area contributed by atoms with Gasteiger partial charge in [-0.05, 0) is 29.1 Å².